The van der Waals surface area contributed by atoms with E-state index in [0.717, 1.165) is 32.1 Å². The van der Waals surface area contributed by atoms with Gasteiger partial charge in [-0.15, -0.1) is 0 Å². The average Bonchev–Trinajstić information content (AvgIpc) is 2.90. The van der Waals surface area contributed by atoms with E-state index in [0.29, 0.717) is 42.5 Å². The highest BCUT2D eigenvalue weighted by Crippen LogP contribution is 2.42. The summed E-state index contributed by atoms with van der Waals surface area (Å²) in [5.41, 5.74) is 0.0108. The SMILES string of the molecule is CN=S1(=O)CCC2(CC1)CN(C(=O)C1CCC(C)(C)C1)CCO2. The lowest BCUT2D eigenvalue weighted by molar-refractivity contribution is -0.155. The number of carbonyl (C=O) groups is 1. The second kappa shape index (κ2) is 6.03. The largest absolute Gasteiger partial charge is 0.371 e. The van der Waals surface area contributed by atoms with Crippen LogP contribution < -0.4 is 0 Å². The van der Waals surface area contributed by atoms with Crippen LogP contribution in [-0.4, -0.2) is 58.9 Å². The molecule has 6 heteroatoms. The first-order valence-corrected chi connectivity index (χ1v) is 10.7. The first-order chi connectivity index (χ1) is 10.8. The second-order valence-corrected chi connectivity index (χ2v) is 11.0. The molecule has 3 aliphatic rings. The minimum atomic E-state index is -2.03. The van der Waals surface area contributed by atoms with Crippen LogP contribution in [0.2, 0.25) is 0 Å². The number of hydrogen-bond acceptors (Lipinski definition) is 4. The van der Waals surface area contributed by atoms with Crippen molar-refractivity contribution in [3.8, 4) is 0 Å². The number of ether oxygens (including phenoxy) is 1. The Labute approximate surface area is 140 Å². The third-order valence-electron chi connectivity index (χ3n) is 5.96. The molecule has 0 aromatic rings. The summed E-state index contributed by atoms with van der Waals surface area (Å²) < 4.78 is 22.5. The van der Waals surface area contributed by atoms with Gasteiger partial charge in [0.05, 0.1) is 12.2 Å². The standard InChI is InChI=1S/C17H30N2O3S/c1-16(2)5-4-14(12-16)15(20)19-8-9-22-17(13-19)6-10-23(21,18-3)11-7-17/h14H,4-13H2,1-3H3. The van der Waals surface area contributed by atoms with Gasteiger partial charge in [0.2, 0.25) is 5.91 Å². The molecule has 23 heavy (non-hydrogen) atoms. The number of morpholine rings is 1. The maximum Gasteiger partial charge on any atom is 0.225 e. The summed E-state index contributed by atoms with van der Waals surface area (Å²) in [6.07, 6.45) is 4.66. The van der Waals surface area contributed by atoms with E-state index in [2.05, 4.69) is 18.2 Å². The average molecular weight is 343 g/mol. The van der Waals surface area contributed by atoms with E-state index in [1.54, 1.807) is 7.05 Å². The molecule has 1 aliphatic carbocycles. The molecule has 0 bridgehead atoms. The molecule has 1 unspecified atom stereocenters. The topological polar surface area (TPSA) is 59.0 Å². The zero-order valence-corrected chi connectivity index (χ0v) is 15.5. The number of rotatable bonds is 1. The van der Waals surface area contributed by atoms with Crippen molar-refractivity contribution in [1.29, 1.82) is 0 Å². The Hall–Kier alpha value is -0.620. The van der Waals surface area contributed by atoms with E-state index in [-0.39, 0.29) is 11.5 Å². The van der Waals surface area contributed by atoms with Gasteiger partial charge < -0.3 is 9.64 Å². The van der Waals surface area contributed by atoms with Gasteiger partial charge in [0.15, 0.2) is 0 Å². The van der Waals surface area contributed by atoms with E-state index >= 15 is 0 Å². The van der Waals surface area contributed by atoms with Gasteiger partial charge in [0.1, 0.15) is 0 Å². The van der Waals surface area contributed by atoms with Crippen LogP contribution in [0.25, 0.3) is 0 Å². The van der Waals surface area contributed by atoms with Crippen molar-refractivity contribution >= 4 is 15.6 Å². The predicted octanol–water partition coefficient (Wildman–Crippen LogP) is 2.30. The Bertz CT molecular complexity index is 579. The van der Waals surface area contributed by atoms with Crippen LogP contribution in [0, 0.1) is 11.3 Å². The lowest BCUT2D eigenvalue weighted by Gasteiger charge is -2.46. The molecule has 3 fully saturated rings. The van der Waals surface area contributed by atoms with Gasteiger partial charge in [-0.1, -0.05) is 13.8 Å². The molecule has 1 amide bonds. The fraction of sp³-hybridized carbons (Fsp3) is 0.941. The van der Waals surface area contributed by atoms with Crippen molar-refractivity contribution in [2.45, 2.75) is 51.6 Å². The van der Waals surface area contributed by atoms with Crippen LogP contribution in [0.4, 0.5) is 0 Å². The molecular weight excluding hydrogens is 312 g/mol. The highest BCUT2D eigenvalue weighted by atomic mass is 32.2. The van der Waals surface area contributed by atoms with Crippen LogP contribution in [0.3, 0.4) is 0 Å². The normalized spacial score (nSPS) is 40.3. The van der Waals surface area contributed by atoms with Crippen molar-refractivity contribution in [2.75, 3.05) is 38.2 Å². The van der Waals surface area contributed by atoms with Gasteiger partial charge in [-0.2, -0.15) is 0 Å². The number of carbonyl (C=O) groups excluding carboxylic acids is 1. The van der Waals surface area contributed by atoms with Crippen LogP contribution in [0.15, 0.2) is 4.36 Å². The smallest absolute Gasteiger partial charge is 0.225 e. The summed E-state index contributed by atoms with van der Waals surface area (Å²) >= 11 is 0. The summed E-state index contributed by atoms with van der Waals surface area (Å²) in [4.78, 5) is 14.9. The van der Waals surface area contributed by atoms with Crippen LogP contribution in [-0.2, 0) is 19.3 Å². The highest BCUT2D eigenvalue weighted by molar-refractivity contribution is 7.93. The fourth-order valence-corrected chi connectivity index (χ4v) is 6.29. The first kappa shape index (κ1) is 17.2. The molecule has 3 rings (SSSR count). The van der Waals surface area contributed by atoms with Crippen molar-refractivity contribution in [2.24, 2.45) is 15.7 Å². The Morgan fingerprint density at radius 1 is 1.26 bits per heavy atom. The molecule has 1 spiro atoms. The van der Waals surface area contributed by atoms with E-state index in [1.165, 1.54) is 0 Å². The van der Waals surface area contributed by atoms with Gasteiger partial charge >= 0.3 is 0 Å². The van der Waals surface area contributed by atoms with E-state index in [9.17, 15) is 9.00 Å². The van der Waals surface area contributed by atoms with Crippen LogP contribution >= 0.6 is 0 Å². The molecule has 0 radical (unpaired) electrons. The summed E-state index contributed by atoms with van der Waals surface area (Å²) in [5.74, 6) is 1.69. The van der Waals surface area contributed by atoms with E-state index in [4.69, 9.17) is 4.74 Å². The second-order valence-electron chi connectivity index (χ2n) is 8.26. The Morgan fingerprint density at radius 3 is 2.52 bits per heavy atom. The van der Waals surface area contributed by atoms with Gasteiger partial charge in [-0.25, -0.2) is 8.57 Å². The van der Waals surface area contributed by atoms with Crippen molar-refractivity contribution in [3.63, 3.8) is 0 Å². The molecular formula is C17H30N2O3S. The quantitative estimate of drug-likeness (QED) is 0.735. The summed E-state index contributed by atoms with van der Waals surface area (Å²) in [6.45, 7) is 6.49. The number of amides is 1. The minimum absolute atomic E-state index is 0.179. The van der Waals surface area contributed by atoms with E-state index < -0.39 is 9.73 Å². The van der Waals surface area contributed by atoms with E-state index in [1.807, 2.05) is 4.90 Å². The van der Waals surface area contributed by atoms with Gasteiger partial charge in [-0.05, 0) is 37.5 Å². The molecule has 5 nitrogen and oxygen atoms in total. The van der Waals surface area contributed by atoms with Crippen molar-refractivity contribution in [3.05, 3.63) is 0 Å². The predicted molar refractivity (Wildman–Crippen MR) is 91.8 cm³/mol. The zero-order valence-electron chi connectivity index (χ0n) is 14.7. The Balaban J connectivity index is 1.65. The summed E-state index contributed by atoms with van der Waals surface area (Å²) in [5, 5.41) is 0. The molecule has 1 atom stereocenters. The van der Waals surface area contributed by atoms with Gasteiger partial charge in [-0.3, -0.25) is 4.79 Å². The molecule has 0 aromatic heterocycles. The van der Waals surface area contributed by atoms with Crippen molar-refractivity contribution < 1.29 is 13.7 Å². The van der Waals surface area contributed by atoms with Crippen LogP contribution in [0.1, 0.15) is 46.0 Å². The summed E-state index contributed by atoms with van der Waals surface area (Å²) in [7, 11) is -0.378. The highest BCUT2D eigenvalue weighted by Gasteiger charge is 2.44. The van der Waals surface area contributed by atoms with Gasteiger partial charge in [0, 0.05) is 47.3 Å². The maximum absolute atomic E-state index is 12.9. The lowest BCUT2D eigenvalue weighted by atomic mass is 9.89. The molecule has 2 saturated heterocycles. The number of hydrogen-bond donors (Lipinski definition) is 0. The number of nitrogens with zero attached hydrogens (tertiary/aromatic N) is 2. The maximum atomic E-state index is 12.9. The lowest BCUT2D eigenvalue weighted by Crippen LogP contribution is -2.57. The third-order valence-corrected chi connectivity index (χ3v) is 8.31. The summed E-state index contributed by atoms with van der Waals surface area (Å²) in [6, 6.07) is 0. The molecule has 1 saturated carbocycles. The molecule has 132 valence electrons. The fourth-order valence-electron chi connectivity index (χ4n) is 4.34. The monoisotopic (exact) mass is 342 g/mol. The zero-order chi connectivity index (χ0) is 16.7. The Kier molecular flexibility index (Phi) is 4.51. The van der Waals surface area contributed by atoms with Crippen molar-refractivity contribution in [1.82, 2.24) is 4.90 Å². The first-order valence-electron chi connectivity index (χ1n) is 8.80. The minimum Gasteiger partial charge on any atom is -0.371 e. The molecule has 2 heterocycles. The molecule has 0 aromatic carbocycles. The Morgan fingerprint density at radius 2 is 1.96 bits per heavy atom. The molecule has 2 aliphatic heterocycles. The van der Waals surface area contributed by atoms with Gasteiger partial charge in [0.25, 0.3) is 0 Å². The molecule has 0 N–H and O–H groups in total. The third kappa shape index (κ3) is 3.58. The van der Waals surface area contributed by atoms with Crippen LogP contribution in [0.5, 0.6) is 0 Å².